The number of benzene rings is 2. The maximum atomic E-state index is 13.1. The molecule has 8 nitrogen and oxygen atoms in total. The second-order valence-corrected chi connectivity index (χ2v) is 11.1. The van der Waals surface area contributed by atoms with Gasteiger partial charge >= 0.3 is 6.09 Å². The maximum absolute atomic E-state index is 13.1. The second kappa shape index (κ2) is 11.0. The molecule has 0 aromatic heterocycles. The summed E-state index contributed by atoms with van der Waals surface area (Å²) in [4.78, 5) is 25.1. The van der Waals surface area contributed by atoms with Crippen LogP contribution in [0.3, 0.4) is 0 Å². The number of alkyl carbamates (subject to hydrolysis) is 1. The summed E-state index contributed by atoms with van der Waals surface area (Å²) in [6, 6.07) is 11.9. The average molecular weight is 496 g/mol. The van der Waals surface area contributed by atoms with E-state index >= 15 is 0 Å². The van der Waals surface area contributed by atoms with Crippen LogP contribution in [-0.4, -0.2) is 27.9 Å². The number of rotatable bonds is 7. The molecule has 10 heteroatoms. The Morgan fingerprint density at radius 2 is 1.76 bits per heavy atom. The molecule has 2 atom stereocenters. The van der Waals surface area contributed by atoms with E-state index in [0.717, 1.165) is 0 Å². The van der Waals surface area contributed by atoms with Crippen molar-refractivity contribution < 1.29 is 23.3 Å². The van der Waals surface area contributed by atoms with Gasteiger partial charge in [0.25, 0.3) is 5.91 Å². The molecule has 2 aromatic rings. The number of amides is 2. The van der Waals surface area contributed by atoms with Crippen molar-refractivity contribution in [2.24, 2.45) is 15.4 Å². The number of ether oxygens (including phenoxy) is 2. The Balaban J connectivity index is 2.26. The molecule has 0 aliphatic carbocycles. The van der Waals surface area contributed by atoms with Crippen molar-refractivity contribution in [3.8, 4) is 11.5 Å². The van der Waals surface area contributed by atoms with Crippen molar-refractivity contribution in [2.75, 3.05) is 0 Å². The topological polar surface area (TPSA) is 120 Å². The van der Waals surface area contributed by atoms with Crippen LogP contribution in [0.4, 0.5) is 4.79 Å². The number of carbonyl (C=O) groups is 2. The molecular weight excluding hydrogens is 466 g/mol. The first kappa shape index (κ1) is 26.6. The number of hydrogen-bond acceptors (Lipinski definition) is 5. The largest absolute Gasteiger partial charge is 0.457 e. The Bertz CT molecular complexity index is 1100. The molecule has 0 heterocycles. The van der Waals surface area contributed by atoms with Crippen LogP contribution in [0.25, 0.3) is 0 Å². The van der Waals surface area contributed by atoms with E-state index in [4.69, 9.17) is 26.2 Å². The number of halogens is 1. The van der Waals surface area contributed by atoms with E-state index in [9.17, 15) is 13.8 Å². The predicted molar refractivity (Wildman–Crippen MR) is 129 cm³/mol. The van der Waals surface area contributed by atoms with Gasteiger partial charge in [0.1, 0.15) is 33.1 Å². The molecule has 2 amide bonds. The molecule has 180 valence electrons. The zero-order valence-electron chi connectivity index (χ0n) is 19.3. The van der Waals surface area contributed by atoms with Crippen LogP contribution in [0.2, 0.25) is 5.02 Å². The van der Waals surface area contributed by atoms with Gasteiger partial charge in [-0.1, -0.05) is 31.5 Å². The van der Waals surface area contributed by atoms with Crippen LogP contribution < -0.4 is 15.2 Å². The molecule has 3 N–H and O–H groups in total. The number of nitrogens with zero attached hydrogens (tertiary/aromatic N) is 1. The highest BCUT2D eigenvalue weighted by atomic mass is 35.5. The van der Waals surface area contributed by atoms with E-state index < -0.39 is 33.6 Å². The first-order valence-corrected chi connectivity index (χ1v) is 12.3. The minimum absolute atomic E-state index is 0.0500. The van der Waals surface area contributed by atoms with Gasteiger partial charge in [0.15, 0.2) is 0 Å². The average Bonchev–Trinajstić information content (AvgIpc) is 2.67. The van der Waals surface area contributed by atoms with E-state index in [1.165, 1.54) is 12.1 Å². The Kier molecular flexibility index (Phi) is 8.88. The molecule has 0 aliphatic rings. The molecule has 0 saturated heterocycles. The third kappa shape index (κ3) is 9.03. The molecule has 2 rings (SSSR count). The summed E-state index contributed by atoms with van der Waals surface area (Å²) in [7, 11) is -3.60. The van der Waals surface area contributed by atoms with Crippen molar-refractivity contribution in [3.63, 3.8) is 0 Å². The van der Waals surface area contributed by atoms with E-state index in [0.29, 0.717) is 16.5 Å². The second-order valence-electron chi connectivity index (χ2n) is 8.86. The fraction of sp³-hybridized carbons (Fsp3) is 0.391. The standard InChI is InChI=1S/C23H30ClN3O5S/c1-15(2)13-20(26-22(29)32-23(3,4)5)21(28)27-33(25,30)19-8-6-7-18(14-19)31-17-11-9-16(24)10-12-17/h6-12,14-15,20H,13H2,1-5H3,(H,26,29)(H2,25,27,28,30)/t20-,33?/m0/s1. The summed E-state index contributed by atoms with van der Waals surface area (Å²) in [6.45, 7) is 8.90. The summed E-state index contributed by atoms with van der Waals surface area (Å²) in [5.74, 6) is 0.132. The highest BCUT2D eigenvalue weighted by molar-refractivity contribution is 7.91. The Morgan fingerprint density at radius 3 is 2.33 bits per heavy atom. The van der Waals surface area contributed by atoms with Gasteiger partial charge in [0.2, 0.25) is 0 Å². The molecule has 0 spiro atoms. The number of nitrogens with two attached hydrogens (primary N) is 1. The van der Waals surface area contributed by atoms with Crippen LogP contribution in [0.15, 0.2) is 57.8 Å². The molecule has 2 aromatic carbocycles. The molecular formula is C23H30ClN3O5S. The van der Waals surface area contributed by atoms with Crippen molar-refractivity contribution in [1.29, 1.82) is 0 Å². The smallest absolute Gasteiger partial charge is 0.408 e. The number of carbonyl (C=O) groups excluding carboxylic acids is 2. The Hall–Kier alpha value is -2.62. The van der Waals surface area contributed by atoms with Gasteiger partial charge < -0.3 is 14.8 Å². The third-order valence-corrected chi connectivity index (χ3v) is 5.75. The maximum Gasteiger partial charge on any atom is 0.408 e. The molecule has 33 heavy (non-hydrogen) atoms. The molecule has 0 radical (unpaired) electrons. The Labute approximate surface area is 200 Å². The highest BCUT2D eigenvalue weighted by Gasteiger charge is 2.26. The fourth-order valence-corrected chi connectivity index (χ4v) is 3.94. The van der Waals surface area contributed by atoms with Gasteiger partial charge in [-0.2, -0.15) is 0 Å². The van der Waals surface area contributed by atoms with Crippen LogP contribution in [-0.2, 0) is 19.4 Å². The summed E-state index contributed by atoms with van der Waals surface area (Å²) in [5.41, 5.74) is -0.738. The van der Waals surface area contributed by atoms with E-state index in [-0.39, 0.29) is 17.2 Å². The van der Waals surface area contributed by atoms with Gasteiger partial charge in [-0.05, 0) is 75.6 Å². The predicted octanol–water partition coefficient (Wildman–Crippen LogP) is 5.30. The Morgan fingerprint density at radius 1 is 1.12 bits per heavy atom. The number of nitrogens with one attached hydrogen (secondary N) is 1. The molecule has 0 saturated carbocycles. The van der Waals surface area contributed by atoms with Gasteiger partial charge in [-0.15, -0.1) is 4.36 Å². The van der Waals surface area contributed by atoms with Crippen molar-refractivity contribution in [3.05, 3.63) is 53.6 Å². The fourth-order valence-electron chi connectivity index (χ4n) is 2.75. The summed E-state index contributed by atoms with van der Waals surface area (Å²) in [6.07, 6.45) is -0.491. The van der Waals surface area contributed by atoms with Gasteiger partial charge in [-0.25, -0.2) is 14.1 Å². The van der Waals surface area contributed by atoms with Crippen molar-refractivity contribution in [1.82, 2.24) is 5.32 Å². The van der Waals surface area contributed by atoms with Crippen molar-refractivity contribution >= 4 is 33.5 Å². The first-order valence-electron chi connectivity index (χ1n) is 10.4. The molecule has 0 aliphatic heterocycles. The SMILES string of the molecule is CC(C)C[C@H](NC(=O)OC(C)(C)C)C(=O)N=S(N)(=O)c1cccc(Oc2ccc(Cl)cc2)c1. The summed E-state index contributed by atoms with van der Waals surface area (Å²) >= 11 is 5.88. The zero-order chi connectivity index (χ0) is 24.8. The lowest BCUT2D eigenvalue weighted by atomic mass is 10.0. The van der Waals surface area contributed by atoms with Gasteiger partial charge in [-0.3, -0.25) is 4.79 Å². The summed E-state index contributed by atoms with van der Waals surface area (Å²) in [5, 5.41) is 9.02. The van der Waals surface area contributed by atoms with Crippen LogP contribution in [0.1, 0.15) is 41.0 Å². The highest BCUT2D eigenvalue weighted by Crippen LogP contribution is 2.25. The van der Waals surface area contributed by atoms with Crippen LogP contribution >= 0.6 is 11.6 Å². The first-order chi connectivity index (χ1) is 15.2. The molecule has 0 bridgehead atoms. The monoisotopic (exact) mass is 495 g/mol. The quantitative estimate of drug-likeness (QED) is 0.540. The minimum Gasteiger partial charge on any atom is -0.457 e. The zero-order valence-corrected chi connectivity index (χ0v) is 20.9. The van der Waals surface area contributed by atoms with Gasteiger partial charge in [0.05, 0.1) is 4.90 Å². The van der Waals surface area contributed by atoms with E-state index in [1.807, 2.05) is 13.8 Å². The van der Waals surface area contributed by atoms with Gasteiger partial charge in [0, 0.05) is 5.02 Å². The minimum atomic E-state index is -3.60. The van der Waals surface area contributed by atoms with Crippen LogP contribution in [0, 0.1) is 5.92 Å². The normalized spacial score (nSPS) is 14.2. The lowest BCUT2D eigenvalue weighted by Gasteiger charge is -2.23. The lowest BCUT2D eigenvalue weighted by Crippen LogP contribution is -2.44. The molecule has 0 fully saturated rings. The van der Waals surface area contributed by atoms with E-state index in [2.05, 4.69) is 9.68 Å². The number of hydrogen-bond donors (Lipinski definition) is 2. The van der Waals surface area contributed by atoms with Crippen LogP contribution in [0.5, 0.6) is 11.5 Å². The van der Waals surface area contributed by atoms with Crippen molar-refractivity contribution in [2.45, 2.75) is 57.6 Å². The molecule has 1 unspecified atom stereocenters. The van der Waals surface area contributed by atoms with E-state index in [1.54, 1.807) is 57.2 Å². The lowest BCUT2D eigenvalue weighted by molar-refractivity contribution is -0.120. The summed E-state index contributed by atoms with van der Waals surface area (Å²) < 4.78 is 27.8. The third-order valence-electron chi connectivity index (χ3n) is 4.11.